The summed E-state index contributed by atoms with van der Waals surface area (Å²) in [5.41, 5.74) is 7.08. The van der Waals surface area contributed by atoms with Gasteiger partial charge in [0, 0.05) is 12.6 Å². The van der Waals surface area contributed by atoms with E-state index in [1.54, 1.807) is 0 Å². The highest BCUT2D eigenvalue weighted by Crippen LogP contribution is 2.29. The zero-order valence-corrected chi connectivity index (χ0v) is 11.4. The van der Waals surface area contributed by atoms with Crippen LogP contribution in [0.3, 0.4) is 0 Å². The van der Waals surface area contributed by atoms with Crippen molar-refractivity contribution in [2.75, 3.05) is 13.1 Å². The fraction of sp³-hybridized carbons (Fsp3) is 0.600. The second-order valence-electron chi connectivity index (χ2n) is 5.38. The van der Waals surface area contributed by atoms with Crippen molar-refractivity contribution in [3.63, 3.8) is 0 Å². The normalized spacial score (nSPS) is 16.9. The average molecular weight is 248 g/mol. The molecule has 0 aliphatic heterocycles. The SMILES string of the molecule is CC(C)Oc1cccc(C(CN)NCC2CC2)c1. The predicted octanol–water partition coefficient (Wildman–Crippen LogP) is 2.47. The van der Waals surface area contributed by atoms with Crippen LogP contribution in [0.15, 0.2) is 24.3 Å². The average Bonchev–Trinajstić information content (AvgIpc) is 3.13. The Morgan fingerprint density at radius 1 is 1.39 bits per heavy atom. The van der Waals surface area contributed by atoms with Crippen molar-refractivity contribution in [2.45, 2.75) is 38.8 Å². The Morgan fingerprint density at radius 3 is 2.78 bits per heavy atom. The highest BCUT2D eigenvalue weighted by molar-refractivity contribution is 5.31. The molecule has 1 fully saturated rings. The van der Waals surface area contributed by atoms with Gasteiger partial charge in [-0.05, 0) is 56.8 Å². The molecule has 0 saturated heterocycles. The minimum absolute atomic E-state index is 0.205. The standard InChI is InChI=1S/C15H24N2O/c1-11(2)18-14-5-3-4-13(8-14)15(9-16)17-10-12-6-7-12/h3-5,8,11-12,15,17H,6-7,9-10,16H2,1-2H3. The largest absolute Gasteiger partial charge is 0.491 e. The van der Waals surface area contributed by atoms with E-state index in [1.807, 2.05) is 26.0 Å². The zero-order valence-electron chi connectivity index (χ0n) is 11.4. The molecule has 1 aliphatic rings. The molecule has 0 radical (unpaired) electrons. The van der Waals surface area contributed by atoms with Crippen LogP contribution in [0.5, 0.6) is 5.75 Å². The second kappa shape index (κ2) is 6.21. The molecule has 1 saturated carbocycles. The number of benzene rings is 1. The van der Waals surface area contributed by atoms with Gasteiger partial charge < -0.3 is 15.8 Å². The van der Waals surface area contributed by atoms with E-state index in [2.05, 4.69) is 17.4 Å². The van der Waals surface area contributed by atoms with Crippen molar-refractivity contribution in [2.24, 2.45) is 11.7 Å². The summed E-state index contributed by atoms with van der Waals surface area (Å²) in [4.78, 5) is 0. The first-order valence-corrected chi connectivity index (χ1v) is 6.89. The van der Waals surface area contributed by atoms with Gasteiger partial charge in [0.15, 0.2) is 0 Å². The molecule has 18 heavy (non-hydrogen) atoms. The highest BCUT2D eigenvalue weighted by atomic mass is 16.5. The Hall–Kier alpha value is -1.06. The number of hydrogen-bond donors (Lipinski definition) is 2. The summed E-state index contributed by atoms with van der Waals surface area (Å²) in [6.07, 6.45) is 2.93. The maximum atomic E-state index is 5.86. The summed E-state index contributed by atoms with van der Waals surface area (Å²) < 4.78 is 5.72. The molecule has 0 spiro atoms. The topological polar surface area (TPSA) is 47.3 Å². The molecule has 1 unspecified atom stereocenters. The zero-order chi connectivity index (χ0) is 13.0. The maximum Gasteiger partial charge on any atom is 0.120 e. The first-order chi connectivity index (χ1) is 8.69. The summed E-state index contributed by atoms with van der Waals surface area (Å²) >= 11 is 0. The summed E-state index contributed by atoms with van der Waals surface area (Å²) in [5, 5.41) is 3.55. The maximum absolute atomic E-state index is 5.86. The fourth-order valence-electron chi connectivity index (χ4n) is 2.04. The molecule has 100 valence electrons. The smallest absolute Gasteiger partial charge is 0.120 e. The molecule has 1 aromatic carbocycles. The van der Waals surface area contributed by atoms with Crippen LogP contribution >= 0.6 is 0 Å². The quantitative estimate of drug-likeness (QED) is 0.779. The van der Waals surface area contributed by atoms with Gasteiger partial charge in [-0.1, -0.05) is 12.1 Å². The van der Waals surface area contributed by atoms with Crippen LogP contribution < -0.4 is 15.8 Å². The minimum atomic E-state index is 0.205. The van der Waals surface area contributed by atoms with Gasteiger partial charge in [0.05, 0.1) is 6.10 Å². The van der Waals surface area contributed by atoms with E-state index in [9.17, 15) is 0 Å². The number of rotatable bonds is 7. The monoisotopic (exact) mass is 248 g/mol. The predicted molar refractivity (Wildman–Crippen MR) is 74.7 cm³/mol. The van der Waals surface area contributed by atoms with Crippen LogP contribution in [0.4, 0.5) is 0 Å². The lowest BCUT2D eigenvalue weighted by Crippen LogP contribution is -2.29. The fourth-order valence-corrected chi connectivity index (χ4v) is 2.04. The molecule has 1 atom stereocenters. The van der Waals surface area contributed by atoms with E-state index in [0.717, 1.165) is 18.2 Å². The van der Waals surface area contributed by atoms with Crippen molar-refractivity contribution in [1.82, 2.24) is 5.32 Å². The summed E-state index contributed by atoms with van der Waals surface area (Å²) in [6, 6.07) is 8.48. The molecule has 3 heteroatoms. The van der Waals surface area contributed by atoms with Crippen molar-refractivity contribution in [3.8, 4) is 5.75 Å². The van der Waals surface area contributed by atoms with Crippen molar-refractivity contribution >= 4 is 0 Å². The van der Waals surface area contributed by atoms with Crippen LogP contribution in [0.2, 0.25) is 0 Å². The minimum Gasteiger partial charge on any atom is -0.491 e. The van der Waals surface area contributed by atoms with E-state index in [1.165, 1.54) is 18.4 Å². The van der Waals surface area contributed by atoms with Crippen molar-refractivity contribution < 1.29 is 4.74 Å². The van der Waals surface area contributed by atoms with Crippen LogP contribution in [-0.2, 0) is 0 Å². The third-order valence-electron chi connectivity index (χ3n) is 3.22. The molecule has 0 bridgehead atoms. The molecular formula is C15H24N2O. The van der Waals surface area contributed by atoms with Crippen molar-refractivity contribution in [3.05, 3.63) is 29.8 Å². The molecule has 3 N–H and O–H groups in total. The van der Waals surface area contributed by atoms with Gasteiger partial charge in [-0.2, -0.15) is 0 Å². The second-order valence-corrected chi connectivity index (χ2v) is 5.38. The number of nitrogens with two attached hydrogens (primary N) is 1. The van der Waals surface area contributed by atoms with Crippen LogP contribution in [0.25, 0.3) is 0 Å². The Balaban J connectivity index is 1.99. The Labute approximate surface area is 110 Å². The van der Waals surface area contributed by atoms with E-state index >= 15 is 0 Å². The molecule has 2 rings (SSSR count). The summed E-state index contributed by atoms with van der Waals surface area (Å²) in [6.45, 7) is 5.78. The lowest BCUT2D eigenvalue weighted by atomic mass is 10.1. The van der Waals surface area contributed by atoms with Gasteiger partial charge in [-0.15, -0.1) is 0 Å². The molecule has 3 nitrogen and oxygen atoms in total. The van der Waals surface area contributed by atoms with E-state index < -0.39 is 0 Å². The Morgan fingerprint density at radius 2 is 2.17 bits per heavy atom. The van der Waals surface area contributed by atoms with E-state index in [0.29, 0.717) is 6.54 Å². The van der Waals surface area contributed by atoms with Gasteiger partial charge in [0.25, 0.3) is 0 Å². The molecule has 0 heterocycles. The number of nitrogens with one attached hydrogen (secondary N) is 1. The molecular weight excluding hydrogens is 224 g/mol. The lowest BCUT2D eigenvalue weighted by molar-refractivity contribution is 0.242. The molecule has 1 aromatic rings. The van der Waals surface area contributed by atoms with E-state index in [4.69, 9.17) is 10.5 Å². The number of hydrogen-bond acceptors (Lipinski definition) is 3. The number of ether oxygens (including phenoxy) is 1. The molecule has 1 aliphatic carbocycles. The van der Waals surface area contributed by atoms with Gasteiger partial charge in [0.1, 0.15) is 5.75 Å². The lowest BCUT2D eigenvalue weighted by Gasteiger charge is -2.18. The Bertz CT molecular complexity index is 375. The first kappa shape index (κ1) is 13.4. The van der Waals surface area contributed by atoms with Crippen LogP contribution in [-0.4, -0.2) is 19.2 Å². The van der Waals surface area contributed by atoms with Crippen LogP contribution in [0.1, 0.15) is 38.3 Å². The molecule has 0 aromatic heterocycles. The third kappa shape index (κ3) is 4.00. The Kier molecular flexibility index (Phi) is 4.61. The van der Waals surface area contributed by atoms with Gasteiger partial charge in [-0.25, -0.2) is 0 Å². The van der Waals surface area contributed by atoms with Gasteiger partial charge >= 0.3 is 0 Å². The summed E-state index contributed by atoms with van der Waals surface area (Å²) in [7, 11) is 0. The highest BCUT2D eigenvalue weighted by Gasteiger charge is 2.22. The van der Waals surface area contributed by atoms with Crippen LogP contribution in [0, 0.1) is 5.92 Å². The third-order valence-corrected chi connectivity index (χ3v) is 3.22. The van der Waals surface area contributed by atoms with Crippen molar-refractivity contribution in [1.29, 1.82) is 0 Å². The van der Waals surface area contributed by atoms with Gasteiger partial charge in [0.2, 0.25) is 0 Å². The van der Waals surface area contributed by atoms with E-state index in [-0.39, 0.29) is 12.1 Å². The van der Waals surface area contributed by atoms with Gasteiger partial charge in [-0.3, -0.25) is 0 Å². The molecule has 0 amide bonds. The summed E-state index contributed by atoms with van der Waals surface area (Å²) in [5.74, 6) is 1.79. The first-order valence-electron chi connectivity index (χ1n) is 6.89.